The van der Waals surface area contributed by atoms with Crippen LogP contribution in [0.1, 0.15) is 72.4 Å². The summed E-state index contributed by atoms with van der Waals surface area (Å²) in [7, 11) is 1.35. The van der Waals surface area contributed by atoms with E-state index in [1.54, 1.807) is 11.4 Å². The highest BCUT2D eigenvalue weighted by Gasteiger charge is 2.23. The Morgan fingerprint density at radius 2 is 1.74 bits per heavy atom. The third-order valence-electron chi connectivity index (χ3n) is 5.81. The molecule has 8 heteroatoms. The number of nitrogens with zero attached hydrogens (tertiary/aromatic N) is 1. The lowest BCUT2D eigenvalue weighted by Gasteiger charge is -2.24. The standard InChI is InChI=1S/C30H38N2O5S/c1-18(2)15-24-22(16-31-29(34)37-30(5,6)7)26(21-11-9-19(3)10-12-21)23(20(4)32-24)17-36-25-13-14-38-27(25)28(33)35-8/h9-14,18H,15-17H2,1-8H3,(H,31,34). The van der Waals surface area contributed by atoms with E-state index >= 15 is 0 Å². The van der Waals surface area contributed by atoms with Crippen molar-refractivity contribution in [2.45, 2.75) is 73.6 Å². The third kappa shape index (κ3) is 7.57. The summed E-state index contributed by atoms with van der Waals surface area (Å²) in [4.78, 5) is 30.2. The second-order valence-corrected chi connectivity index (χ2v) is 11.6. The van der Waals surface area contributed by atoms with Crippen LogP contribution in [0.15, 0.2) is 35.7 Å². The van der Waals surface area contributed by atoms with Crippen LogP contribution in [0, 0.1) is 19.8 Å². The Morgan fingerprint density at radius 1 is 1.05 bits per heavy atom. The van der Waals surface area contributed by atoms with Gasteiger partial charge < -0.3 is 19.5 Å². The molecule has 1 N–H and O–H groups in total. The Morgan fingerprint density at radius 3 is 2.34 bits per heavy atom. The van der Waals surface area contributed by atoms with Gasteiger partial charge in [-0.15, -0.1) is 11.3 Å². The lowest BCUT2D eigenvalue weighted by molar-refractivity contribution is 0.0522. The first-order valence-corrected chi connectivity index (χ1v) is 13.6. The molecule has 0 spiro atoms. The average Bonchev–Trinajstić information content (AvgIpc) is 3.29. The fourth-order valence-electron chi connectivity index (χ4n) is 4.11. The number of thiophene rings is 1. The number of methoxy groups -OCH3 is 1. The molecule has 3 rings (SSSR count). The van der Waals surface area contributed by atoms with Crippen molar-refractivity contribution in [1.29, 1.82) is 0 Å². The van der Waals surface area contributed by atoms with E-state index in [9.17, 15) is 9.59 Å². The number of benzene rings is 1. The molecule has 0 saturated carbocycles. The van der Waals surface area contributed by atoms with E-state index in [2.05, 4.69) is 43.4 Å². The number of hydrogen-bond donors (Lipinski definition) is 1. The van der Waals surface area contributed by atoms with Crippen LogP contribution in [0.4, 0.5) is 4.79 Å². The van der Waals surface area contributed by atoms with Gasteiger partial charge in [0.15, 0.2) is 4.88 Å². The Labute approximate surface area is 229 Å². The maximum atomic E-state index is 12.6. The number of pyridine rings is 1. The van der Waals surface area contributed by atoms with Crippen LogP contribution in [-0.4, -0.2) is 29.8 Å². The molecular weight excluding hydrogens is 500 g/mol. The van der Waals surface area contributed by atoms with Crippen LogP contribution in [0.2, 0.25) is 0 Å². The van der Waals surface area contributed by atoms with Crippen LogP contribution >= 0.6 is 11.3 Å². The van der Waals surface area contributed by atoms with E-state index in [0.717, 1.165) is 45.6 Å². The smallest absolute Gasteiger partial charge is 0.407 e. The van der Waals surface area contributed by atoms with Gasteiger partial charge in [0.25, 0.3) is 0 Å². The summed E-state index contributed by atoms with van der Waals surface area (Å²) in [5, 5.41) is 4.74. The molecular formula is C30H38N2O5S. The predicted octanol–water partition coefficient (Wildman–Crippen LogP) is 7.02. The van der Waals surface area contributed by atoms with Crippen molar-refractivity contribution in [1.82, 2.24) is 10.3 Å². The van der Waals surface area contributed by atoms with E-state index in [0.29, 0.717) is 16.5 Å². The van der Waals surface area contributed by atoms with Gasteiger partial charge in [-0.05, 0) is 69.5 Å². The molecule has 38 heavy (non-hydrogen) atoms. The van der Waals surface area contributed by atoms with Crippen molar-refractivity contribution in [2.75, 3.05) is 7.11 Å². The van der Waals surface area contributed by atoms with Crippen molar-refractivity contribution < 1.29 is 23.8 Å². The number of carbonyl (C=O) groups excluding carboxylic acids is 2. The van der Waals surface area contributed by atoms with E-state index in [1.165, 1.54) is 18.4 Å². The fourth-order valence-corrected chi connectivity index (χ4v) is 4.86. The molecule has 2 heterocycles. The number of amides is 1. The van der Waals surface area contributed by atoms with Gasteiger partial charge in [-0.2, -0.15) is 0 Å². The average molecular weight is 539 g/mol. The van der Waals surface area contributed by atoms with Gasteiger partial charge in [0.1, 0.15) is 18.0 Å². The number of esters is 1. The first kappa shape index (κ1) is 29.2. The third-order valence-corrected chi connectivity index (χ3v) is 6.69. The van der Waals surface area contributed by atoms with Gasteiger partial charge in [0, 0.05) is 29.1 Å². The largest absolute Gasteiger partial charge is 0.487 e. The number of carbonyl (C=O) groups is 2. The Kier molecular flexibility index (Phi) is 9.55. The minimum absolute atomic E-state index is 0.199. The first-order chi connectivity index (χ1) is 17.9. The molecule has 0 saturated heterocycles. The highest BCUT2D eigenvalue weighted by molar-refractivity contribution is 7.12. The quantitative estimate of drug-likeness (QED) is 0.295. The first-order valence-electron chi connectivity index (χ1n) is 12.7. The molecule has 3 aromatic rings. The van der Waals surface area contributed by atoms with Crippen molar-refractivity contribution in [3.8, 4) is 16.9 Å². The Balaban J connectivity index is 2.11. The fraction of sp³-hybridized carbons (Fsp3) is 0.433. The number of alkyl carbamates (subject to hydrolysis) is 1. The second kappa shape index (κ2) is 12.4. The molecule has 0 atom stereocenters. The second-order valence-electron chi connectivity index (χ2n) is 10.7. The molecule has 1 aromatic carbocycles. The molecule has 2 aromatic heterocycles. The van der Waals surface area contributed by atoms with Gasteiger partial charge in [0.2, 0.25) is 0 Å². The molecule has 0 aliphatic heterocycles. The normalized spacial score (nSPS) is 11.4. The molecule has 0 radical (unpaired) electrons. The van der Waals surface area contributed by atoms with Gasteiger partial charge in [-0.3, -0.25) is 4.98 Å². The number of ether oxygens (including phenoxy) is 3. The van der Waals surface area contributed by atoms with Crippen molar-refractivity contribution >= 4 is 23.4 Å². The SMILES string of the molecule is COC(=O)c1sccc1OCc1c(C)nc(CC(C)C)c(CNC(=O)OC(C)(C)C)c1-c1ccc(C)cc1. The van der Waals surface area contributed by atoms with E-state index in [1.807, 2.05) is 34.6 Å². The van der Waals surface area contributed by atoms with Crippen molar-refractivity contribution in [3.63, 3.8) is 0 Å². The Bertz CT molecular complexity index is 1270. The predicted molar refractivity (Wildman–Crippen MR) is 151 cm³/mol. The highest BCUT2D eigenvalue weighted by Crippen LogP contribution is 2.35. The van der Waals surface area contributed by atoms with Crippen LogP contribution in [0.25, 0.3) is 11.1 Å². The number of aromatic nitrogens is 1. The van der Waals surface area contributed by atoms with Crippen molar-refractivity contribution in [3.05, 3.63) is 68.7 Å². The van der Waals surface area contributed by atoms with Gasteiger partial charge in [-0.25, -0.2) is 9.59 Å². The topological polar surface area (TPSA) is 86.8 Å². The summed E-state index contributed by atoms with van der Waals surface area (Å²) in [5.41, 5.74) is 6.11. The zero-order chi connectivity index (χ0) is 28.0. The zero-order valence-corrected chi connectivity index (χ0v) is 24.4. The summed E-state index contributed by atoms with van der Waals surface area (Å²) in [5.74, 6) is 0.400. The molecule has 7 nitrogen and oxygen atoms in total. The minimum Gasteiger partial charge on any atom is -0.487 e. The molecule has 0 bridgehead atoms. The number of hydrogen-bond acceptors (Lipinski definition) is 7. The lowest BCUT2D eigenvalue weighted by atomic mass is 9.90. The number of aryl methyl sites for hydroxylation is 2. The highest BCUT2D eigenvalue weighted by atomic mass is 32.1. The van der Waals surface area contributed by atoms with Crippen LogP contribution in [0.3, 0.4) is 0 Å². The molecule has 0 aliphatic carbocycles. The minimum atomic E-state index is -0.604. The van der Waals surface area contributed by atoms with Gasteiger partial charge >= 0.3 is 12.1 Å². The zero-order valence-electron chi connectivity index (χ0n) is 23.6. The van der Waals surface area contributed by atoms with E-state index in [-0.39, 0.29) is 13.2 Å². The maximum Gasteiger partial charge on any atom is 0.407 e. The van der Waals surface area contributed by atoms with Gasteiger partial charge in [0.05, 0.1) is 7.11 Å². The van der Waals surface area contributed by atoms with E-state index < -0.39 is 17.7 Å². The summed E-state index contributed by atoms with van der Waals surface area (Å²) >= 11 is 1.28. The molecule has 0 unspecified atom stereocenters. The van der Waals surface area contributed by atoms with Crippen molar-refractivity contribution in [2.24, 2.45) is 5.92 Å². The summed E-state index contributed by atoms with van der Waals surface area (Å²) < 4.78 is 16.6. The molecule has 204 valence electrons. The van der Waals surface area contributed by atoms with E-state index in [4.69, 9.17) is 19.2 Å². The molecule has 0 fully saturated rings. The van der Waals surface area contributed by atoms with Crippen LogP contribution < -0.4 is 10.1 Å². The lowest BCUT2D eigenvalue weighted by Crippen LogP contribution is -2.32. The molecule has 1 amide bonds. The van der Waals surface area contributed by atoms with Crippen LogP contribution in [0.5, 0.6) is 5.75 Å². The maximum absolute atomic E-state index is 12.6. The Hall–Kier alpha value is -3.39. The number of nitrogens with one attached hydrogen (secondary N) is 1. The summed E-state index contributed by atoms with van der Waals surface area (Å²) in [6.07, 6.45) is 0.269. The summed E-state index contributed by atoms with van der Waals surface area (Å²) in [6.45, 7) is 14.3. The monoisotopic (exact) mass is 538 g/mol. The molecule has 0 aliphatic rings. The van der Waals surface area contributed by atoms with Gasteiger partial charge in [-0.1, -0.05) is 43.7 Å². The summed E-state index contributed by atoms with van der Waals surface area (Å²) in [6, 6.07) is 10.1. The number of rotatable bonds is 9. The van der Waals surface area contributed by atoms with Crippen LogP contribution in [-0.2, 0) is 29.0 Å².